The van der Waals surface area contributed by atoms with E-state index in [9.17, 15) is 14.3 Å². The highest BCUT2D eigenvalue weighted by Crippen LogP contribution is 2.44. The van der Waals surface area contributed by atoms with Crippen LogP contribution in [0.25, 0.3) is 5.57 Å². The van der Waals surface area contributed by atoms with Crippen LogP contribution >= 0.6 is 11.6 Å². The van der Waals surface area contributed by atoms with Gasteiger partial charge < -0.3 is 10.0 Å². The topological polar surface area (TPSA) is 40.5 Å². The van der Waals surface area contributed by atoms with Gasteiger partial charge in [-0.2, -0.15) is 0 Å². The van der Waals surface area contributed by atoms with E-state index in [1.807, 2.05) is 49.4 Å². The Morgan fingerprint density at radius 2 is 1.66 bits per heavy atom. The largest absolute Gasteiger partial charge is 0.503 e. The van der Waals surface area contributed by atoms with Gasteiger partial charge in [-0.25, -0.2) is 4.39 Å². The number of carbonyl (C=O) groups excluding carboxylic acids is 1. The van der Waals surface area contributed by atoms with Gasteiger partial charge in [-0.1, -0.05) is 71.8 Å². The first-order chi connectivity index (χ1) is 14.0. The number of hydrogen-bond donors (Lipinski definition) is 1. The summed E-state index contributed by atoms with van der Waals surface area (Å²) in [6.07, 6.45) is 0. The average Bonchev–Trinajstić information content (AvgIpc) is 2.96. The van der Waals surface area contributed by atoms with Gasteiger partial charge in [0.25, 0.3) is 5.91 Å². The molecule has 0 radical (unpaired) electrons. The van der Waals surface area contributed by atoms with Crippen molar-refractivity contribution in [2.45, 2.75) is 19.5 Å². The van der Waals surface area contributed by atoms with Crippen molar-refractivity contribution in [2.24, 2.45) is 0 Å². The summed E-state index contributed by atoms with van der Waals surface area (Å²) < 4.78 is 13.5. The Morgan fingerprint density at radius 1 is 1.00 bits per heavy atom. The molecule has 0 aliphatic carbocycles. The Morgan fingerprint density at radius 3 is 2.31 bits per heavy atom. The fraction of sp³-hybridized carbons (Fsp3) is 0.125. The zero-order valence-electron chi connectivity index (χ0n) is 15.8. The molecule has 0 saturated heterocycles. The van der Waals surface area contributed by atoms with Crippen molar-refractivity contribution in [3.05, 3.63) is 112 Å². The van der Waals surface area contributed by atoms with Crippen LogP contribution in [-0.2, 0) is 11.3 Å². The van der Waals surface area contributed by atoms with Crippen LogP contribution in [0.4, 0.5) is 4.39 Å². The maximum Gasteiger partial charge on any atom is 0.290 e. The van der Waals surface area contributed by atoms with Crippen molar-refractivity contribution in [3.63, 3.8) is 0 Å². The van der Waals surface area contributed by atoms with Crippen LogP contribution in [0.15, 0.2) is 78.6 Å². The maximum absolute atomic E-state index is 13.5. The van der Waals surface area contributed by atoms with E-state index in [2.05, 4.69) is 0 Å². The first kappa shape index (κ1) is 19.2. The van der Waals surface area contributed by atoms with Gasteiger partial charge in [-0.15, -0.1) is 0 Å². The number of rotatable bonds is 4. The summed E-state index contributed by atoms with van der Waals surface area (Å²) in [5.41, 5.74) is 3.81. The average molecular weight is 408 g/mol. The smallest absolute Gasteiger partial charge is 0.290 e. The lowest BCUT2D eigenvalue weighted by molar-refractivity contribution is -0.130. The zero-order valence-corrected chi connectivity index (χ0v) is 16.5. The molecule has 0 unspecified atom stereocenters. The molecule has 1 N–H and O–H groups in total. The van der Waals surface area contributed by atoms with E-state index in [-0.39, 0.29) is 18.1 Å². The van der Waals surface area contributed by atoms with E-state index in [0.717, 1.165) is 16.7 Å². The molecular weight excluding hydrogens is 389 g/mol. The molecular formula is C24H19ClFNO2. The predicted octanol–water partition coefficient (Wildman–Crippen LogP) is 5.84. The lowest BCUT2D eigenvalue weighted by atomic mass is 9.93. The second-order valence-electron chi connectivity index (χ2n) is 7.11. The molecule has 29 heavy (non-hydrogen) atoms. The van der Waals surface area contributed by atoms with E-state index < -0.39 is 11.9 Å². The highest BCUT2D eigenvalue weighted by molar-refractivity contribution is 6.31. The first-order valence-electron chi connectivity index (χ1n) is 9.25. The fourth-order valence-corrected chi connectivity index (χ4v) is 3.84. The highest BCUT2D eigenvalue weighted by Gasteiger charge is 2.41. The van der Waals surface area contributed by atoms with E-state index >= 15 is 0 Å². The summed E-state index contributed by atoms with van der Waals surface area (Å²) in [5, 5.41) is 11.3. The van der Waals surface area contributed by atoms with Crippen molar-refractivity contribution in [2.75, 3.05) is 0 Å². The normalized spacial score (nSPS) is 16.6. The predicted molar refractivity (Wildman–Crippen MR) is 112 cm³/mol. The number of halogens is 2. The molecule has 1 aliphatic rings. The van der Waals surface area contributed by atoms with Gasteiger partial charge in [0.2, 0.25) is 0 Å². The molecule has 3 nitrogen and oxygen atoms in total. The molecule has 5 heteroatoms. The summed E-state index contributed by atoms with van der Waals surface area (Å²) >= 11 is 6.31. The van der Waals surface area contributed by atoms with Gasteiger partial charge in [0.05, 0.1) is 6.04 Å². The molecule has 4 rings (SSSR count). The van der Waals surface area contributed by atoms with Gasteiger partial charge in [0.15, 0.2) is 5.76 Å². The van der Waals surface area contributed by atoms with Gasteiger partial charge in [-0.3, -0.25) is 4.79 Å². The molecule has 1 heterocycles. The quantitative estimate of drug-likeness (QED) is 0.590. The van der Waals surface area contributed by atoms with Crippen molar-refractivity contribution in [3.8, 4) is 0 Å². The van der Waals surface area contributed by atoms with Crippen LogP contribution in [0.2, 0.25) is 5.02 Å². The number of nitrogens with zero attached hydrogens (tertiary/aromatic N) is 1. The standard InChI is InChI=1S/C24H19ClFNO2/c1-15-6-8-16(9-7-15)21-22(17-10-12-19(26)13-11-17)27(24(29)23(21)28)14-18-4-2-3-5-20(18)25/h2-13,22,28H,14H2,1H3/t22-/m0/s1. The molecule has 0 spiro atoms. The van der Waals surface area contributed by atoms with E-state index in [4.69, 9.17) is 11.6 Å². The molecule has 1 aliphatic heterocycles. The fourth-order valence-electron chi connectivity index (χ4n) is 3.65. The van der Waals surface area contributed by atoms with Gasteiger partial charge >= 0.3 is 0 Å². The number of aryl methyl sites for hydroxylation is 1. The summed E-state index contributed by atoms with van der Waals surface area (Å²) in [6, 6.07) is 20.3. The number of aliphatic hydroxyl groups is 1. The highest BCUT2D eigenvalue weighted by atomic mass is 35.5. The van der Waals surface area contributed by atoms with Crippen LogP contribution in [0.3, 0.4) is 0 Å². The Kier molecular flexibility index (Phi) is 5.12. The van der Waals surface area contributed by atoms with Gasteiger partial charge in [0, 0.05) is 17.1 Å². The lowest BCUT2D eigenvalue weighted by Crippen LogP contribution is -2.30. The van der Waals surface area contributed by atoms with Crippen LogP contribution < -0.4 is 0 Å². The molecule has 146 valence electrons. The summed E-state index contributed by atoms with van der Waals surface area (Å²) in [4.78, 5) is 14.6. The second kappa shape index (κ2) is 7.72. The van der Waals surface area contributed by atoms with Crippen LogP contribution in [0, 0.1) is 12.7 Å². The van der Waals surface area contributed by atoms with E-state index in [1.54, 1.807) is 23.1 Å². The van der Waals surface area contributed by atoms with Crippen LogP contribution in [0.5, 0.6) is 0 Å². The lowest BCUT2D eigenvalue weighted by Gasteiger charge is -2.28. The Bertz CT molecular complexity index is 1090. The minimum atomic E-state index is -0.554. The molecule has 0 fully saturated rings. The van der Waals surface area contributed by atoms with Gasteiger partial charge in [0.1, 0.15) is 5.82 Å². The number of carbonyl (C=O) groups is 1. The monoisotopic (exact) mass is 407 g/mol. The minimum Gasteiger partial charge on any atom is -0.503 e. The van der Waals surface area contributed by atoms with Crippen molar-refractivity contribution in [1.29, 1.82) is 0 Å². The molecule has 3 aromatic rings. The summed E-state index contributed by atoms with van der Waals surface area (Å²) in [5.74, 6) is -1.13. The Hall–Kier alpha value is -3.11. The minimum absolute atomic E-state index is 0.222. The summed E-state index contributed by atoms with van der Waals surface area (Å²) in [6.45, 7) is 2.19. The Labute approximate surface area is 173 Å². The van der Waals surface area contributed by atoms with Gasteiger partial charge in [-0.05, 0) is 41.8 Å². The molecule has 1 atom stereocenters. The maximum atomic E-state index is 13.5. The third-order valence-electron chi connectivity index (χ3n) is 5.15. The molecule has 1 amide bonds. The number of hydrogen-bond acceptors (Lipinski definition) is 2. The zero-order chi connectivity index (χ0) is 20.5. The second-order valence-corrected chi connectivity index (χ2v) is 7.51. The molecule has 0 saturated carbocycles. The third kappa shape index (κ3) is 3.64. The van der Waals surface area contributed by atoms with E-state index in [1.165, 1.54) is 12.1 Å². The van der Waals surface area contributed by atoms with Crippen molar-refractivity contribution >= 4 is 23.1 Å². The van der Waals surface area contributed by atoms with Crippen molar-refractivity contribution in [1.82, 2.24) is 4.90 Å². The Balaban J connectivity index is 1.83. The summed E-state index contributed by atoms with van der Waals surface area (Å²) in [7, 11) is 0. The number of aliphatic hydroxyl groups excluding tert-OH is 1. The van der Waals surface area contributed by atoms with Crippen LogP contribution in [-0.4, -0.2) is 15.9 Å². The van der Waals surface area contributed by atoms with E-state index in [0.29, 0.717) is 16.2 Å². The molecule has 0 bridgehead atoms. The van der Waals surface area contributed by atoms with Crippen molar-refractivity contribution < 1.29 is 14.3 Å². The van der Waals surface area contributed by atoms with Crippen LogP contribution in [0.1, 0.15) is 28.3 Å². The number of benzene rings is 3. The third-order valence-corrected chi connectivity index (χ3v) is 5.52. The SMILES string of the molecule is Cc1ccc(C2=C(O)C(=O)N(Cc3ccccc3Cl)[C@H]2c2ccc(F)cc2)cc1. The first-order valence-corrected chi connectivity index (χ1v) is 9.63. The number of amides is 1. The molecule has 0 aromatic heterocycles. The molecule has 3 aromatic carbocycles.